The number of rotatable bonds is 10. The summed E-state index contributed by atoms with van der Waals surface area (Å²) in [6.07, 6.45) is 1.48. The number of anilines is 2. The van der Waals surface area contributed by atoms with Gasteiger partial charge in [-0.1, -0.05) is 30.3 Å². The highest BCUT2D eigenvalue weighted by atomic mass is 32.2. The first-order valence-corrected chi connectivity index (χ1v) is 14.1. The molecule has 0 spiro atoms. The van der Waals surface area contributed by atoms with Gasteiger partial charge in [-0.15, -0.1) is 11.8 Å². The molecule has 0 radical (unpaired) electrons. The number of hydrogen-bond donors (Lipinski definition) is 4. The van der Waals surface area contributed by atoms with E-state index in [0.717, 1.165) is 21.7 Å². The van der Waals surface area contributed by atoms with Gasteiger partial charge in [0.1, 0.15) is 17.2 Å². The first kappa shape index (κ1) is 30.0. The van der Waals surface area contributed by atoms with Crippen LogP contribution in [0.5, 0.6) is 11.5 Å². The largest absolute Gasteiger partial charge is 0.508 e. The monoisotopic (exact) mass is 581 g/mol. The van der Waals surface area contributed by atoms with Crippen LogP contribution in [0.25, 0.3) is 6.08 Å². The summed E-state index contributed by atoms with van der Waals surface area (Å²) >= 11 is 1.33. The van der Waals surface area contributed by atoms with Crippen LogP contribution in [0.4, 0.5) is 11.4 Å². The van der Waals surface area contributed by atoms with Crippen LogP contribution in [0.3, 0.4) is 0 Å². The fraction of sp³-hybridized carbons (Fsp3) is 0.121. The second kappa shape index (κ2) is 14.0. The van der Waals surface area contributed by atoms with Crippen molar-refractivity contribution in [3.8, 4) is 11.5 Å². The normalized spacial score (nSPS) is 11.0. The van der Waals surface area contributed by atoms with Gasteiger partial charge in [-0.3, -0.25) is 14.4 Å². The maximum absolute atomic E-state index is 13.4. The van der Waals surface area contributed by atoms with E-state index >= 15 is 0 Å². The van der Waals surface area contributed by atoms with Crippen molar-refractivity contribution in [1.29, 1.82) is 0 Å². The molecule has 0 atom stereocenters. The maximum Gasteiger partial charge on any atom is 0.272 e. The summed E-state index contributed by atoms with van der Waals surface area (Å²) in [4.78, 5) is 39.7. The van der Waals surface area contributed by atoms with Crippen molar-refractivity contribution in [2.24, 2.45) is 0 Å². The summed E-state index contributed by atoms with van der Waals surface area (Å²) in [6, 6.07) is 26.0. The molecule has 3 amide bonds. The predicted octanol–water partition coefficient (Wildman–Crippen LogP) is 6.16. The zero-order valence-electron chi connectivity index (χ0n) is 23.4. The minimum atomic E-state index is -0.566. The Kier molecular flexibility index (Phi) is 10.0. The lowest BCUT2D eigenvalue weighted by molar-refractivity contribution is -0.114. The fourth-order valence-electron chi connectivity index (χ4n) is 4.17. The Bertz CT molecular complexity index is 1620. The Morgan fingerprint density at radius 3 is 2.29 bits per heavy atom. The molecule has 214 valence electrons. The highest BCUT2D eigenvalue weighted by Gasteiger charge is 2.17. The summed E-state index contributed by atoms with van der Waals surface area (Å²) in [5.41, 5.74) is 4.20. The highest BCUT2D eigenvalue weighted by Crippen LogP contribution is 2.27. The van der Waals surface area contributed by atoms with Crippen LogP contribution in [0.15, 0.2) is 102 Å². The number of methoxy groups -OCH3 is 1. The average molecular weight is 582 g/mol. The van der Waals surface area contributed by atoms with Gasteiger partial charge in [-0.05, 0) is 85.6 Å². The van der Waals surface area contributed by atoms with E-state index in [1.165, 1.54) is 37.1 Å². The lowest BCUT2D eigenvalue weighted by Gasteiger charge is -2.13. The summed E-state index contributed by atoms with van der Waals surface area (Å²) in [7, 11) is 1.44. The van der Waals surface area contributed by atoms with E-state index in [-0.39, 0.29) is 23.1 Å². The summed E-state index contributed by atoms with van der Waals surface area (Å²) in [5.74, 6) is -0.662. The number of carbonyl (C=O) groups excluding carboxylic acids is 3. The number of amides is 3. The van der Waals surface area contributed by atoms with Crippen molar-refractivity contribution in [3.63, 3.8) is 0 Å². The number of carbonyl (C=O) groups is 3. The molecule has 0 unspecified atom stereocenters. The van der Waals surface area contributed by atoms with Gasteiger partial charge in [0.2, 0.25) is 5.91 Å². The Morgan fingerprint density at radius 2 is 1.57 bits per heavy atom. The lowest BCUT2D eigenvalue weighted by Crippen LogP contribution is -2.30. The van der Waals surface area contributed by atoms with Crippen molar-refractivity contribution in [2.45, 2.75) is 18.7 Å². The Labute approximate surface area is 248 Å². The van der Waals surface area contributed by atoms with Crippen molar-refractivity contribution in [2.75, 3.05) is 23.5 Å². The molecule has 0 saturated heterocycles. The first-order chi connectivity index (χ1) is 20.2. The molecule has 0 fully saturated rings. The molecule has 0 bridgehead atoms. The number of phenolic OH excluding ortho intramolecular Hbond substituents is 1. The van der Waals surface area contributed by atoms with E-state index in [9.17, 15) is 19.5 Å². The van der Waals surface area contributed by atoms with Crippen LogP contribution >= 0.6 is 11.8 Å². The molecular weight excluding hydrogens is 550 g/mol. The van der Waals surface area contributed by atoms with Crippen LogP contribution in [0.1, 0.15) is 27.0 Å². The van der Waals surface area contributed by atoms with Crippen LogP contribution in [0, 0.1) is 13.8 Å². The standard InChI is InChI=1S/C33H31N3O5S/c1-21-14-22(2)16-26(15-21)34-31(38)20-42-28-11-7-10-25(18-28)35-33(40)29(36-32(39)23-8-5-4-6-9-23)17-24-12-13-27(37)19-30(24)41-3/h4-19,37H,20H2,1-3H3,(H,34,38)(H,35,40)(H,36,39)/b29-17+. The number of benzene rings is 4. The number of aromatic hydroxyl groups is 1. The molecule has 4 aromatic carbocycles. The SMILES string of the molecule is COc1cc(O)ccc1/C=C(/NC(=O)c1ccccc1)C(=O)Nc1cccc(SCC(=O)Nc2cc(C)cc(C)c2)c1. The Morgan fingerprint density at radius 1 is 0.833 bits per heavy atom. The van der Waals surface area contributed by atoms with Crippen molar-refractivity contribution in [3.05, 3.63) is 119 Å². The van der Waals surface area contributed by atoms with Gasteiger partial charge in [0.25, 0.3) is 11.8 Å². The Hall–Kier alpha value is -5.02. The molecule has 0 aliphatic rings. The number of hydrogen-bond acceptors (Lipinski definition) is 6. The maximum atomic E-state index is 13.4. The first-order valence-electron chi connectivity index (χ1n) is 13.1. The number of nitrogens with one attached hydrogen (secondary N) is 3. The smallest absolute Gasteiger partial charge is 0.272 e. The molecule has 0 saturated carbocycles. The molecule has 4 aromatic rings. The van der Waals surface area contributed by atoms with E-state index in [1.807, 2.05) is 38.1 Å². The molecular formula is C33H31N3O5S. The van der Waals surface area contributed by atoms with E-state index in [2.05, 4.69) is 16.0 Å². The van der Waals surface area contributed by atoms with Crippen LogP contribution in [0.2, 0.25) is 0 Å². The van der Waals surface area contributed by atoms with E-state index in [4.69, 9.17) is 4.74 Å². The molecule has 4 rings (SSSR count). The van der Waals surface area contributed by atoms with Gasteiger partial charge in [0.15, 0.2) is 0 Å². The molecule has 4 N–H and O–H groups in total. The van der Waals surface area contributed by atoms with E-state index in [1.54, 1.807) is 54.6 Å². The molecule has 9 heteroatoms. The van der Waals surface area contributed by atoms with Crippen LogP contribution in [-0.4, -0.2) is 35.7 Å². The molecule has 0 heterocycles. The zero-order valence-corrected chi connectivity index (χ0v) is 24.2. The minimum Gasteiger partial charge on any atom is -0.508 e. The number of thioether (sulfide) groups is 1. The van der Waals surface area contributed by atoms with E-state index < -0.39 is 11.8 Å². The third kappa shape index (κ3) is 8.49. The van der Waals surface area contributed by atoms with Gasteiger partial charge < -0.3 is 25.8 Å². The van der Waals surface area contributed by atoms with Gasteiger partial charge in [0.05, 0.1) is 12.9 Å². The zero-order chi connectivity index (χ0) is 30.1. The van der Waals surface area contributed by atoms with Gasteiger partial charge >= 0.3 is 0 Å². The highest BCUT2D eigenvalue weighted by molar-refractivity contribution is 8.00. The predicted molar refractivity (Wildman–Crippen MR) is 167 cm³/mol. The second-order valence-electron chi connectivity index (χ2n) is 9.50. The summed E-state index contributed by atoms with van der Waals surface area (Å²) < 4.78 is 5.34. The summed E-state index contributed by atoms with van der Waals surface area (Å²) in [5, 5.41) is 18.3. The molecule has 8 nitrogen and oxygen atoms in total. The van der Waals surface area contributed by atoms with Gasteiger partial charge in [-0.25, -0.2) is 0 Å². The molecule has 0 aliphatic heterocycles. The Balaban J connectivity index is 1.49. The average Bonchev–Trinajstić information content (AvgIpc) is 2.96. The van der Waals surface area contributed by atoms with Gasteiger partial charge in [-0.2, -0.15) is 0 Å². The van der Waals surface area contributed by atoms with E-state index in [0.29, 0.717) is 22.6 Å². The second-order valence-corrected chi connectivity index (χ2v) is 10.5. The topological polar surface area (TPSA) is 117 Å². The van der Waals surface area contributed by atoms with Crippen molar-refractivity contribution < 1.29 is 24.2 Å². The number of ether oxygens (including phenoxy) is 1. The third-order valence-electron chi connectivity index (χ3n) is 6.01. The lowest BCUT2D eigenvalue weighted by atomic mass is 10.1. The van der Waals surface area contributed by atoms with Crippen LogP contribution < -0.4 is 20.7 Å². The molecule has 0 aromatic heterocycles. The number of phenols is 1. The fourth-order valence-corrected chi connectivity index (χ4v) is 4.93. The summed E-state index contributed by atoms with van der Waals surface area (Å²) in [6.45, 7) is 3.96. The quantitative estimate of drug-likeness (QED) is 0.132. The van der Waals surface area contributed by atoms with Crippen molar-refractivity contribution in [1.82, 2.24) is 5.32 Å². The van der Waals surface area contributed by atoms with Crippen molar-refractivity contribution >= 4 is 46.9 Å². The van der Waals surface area contributed by atoms with Crippen LogP contribution in [-0.2, 0) is 9.59 Å². The number of aryl methyl sites for hydroxylation is 2. The molecule has 0 aliphatic carbocycles. The molecule has 42 heavy (non-hydrogen) atoms. The minimum absolute atomic E-state index is 0.000292. The third-order valence-corrected chi connectivity index (χ3v) is 7.01. The van der Waals surface area contributed by atoms with Gasteiger partial charge in [0, 0.05) is 33.5 Å².